The zero-order valence-electron chi connectivity index (χ0n) is 12.1. The summed E-state index contributed by atoms with van der Waals surface area (Å²) in [5.74, 6) is 0.113. The lowest BCUT2D eigenvalue weighted by atomic mass is 10.1. The number of nitrogens with zero attached hydrogens (tertiary/aromatic N) is 1. The van der Waals surface area contributed by atoms with E-state index >= 15 is 0 Å². The first-order valence-electron chi connectivity index (χ1n) is 6.69. The molecule has 0 aliphatic rings. The van der Waals surface area contributed by atoms with Gasteiger partial charge in [0.2, 0.25) is 0 Å². The molecular weight excluding hydrogens is 267 g/mol. The quantitative estimate of drug-likeness (QED) is 0.933. The summed E-state index contributed by atoms with van der Waals surface area (Å²) in [7, 11) is 0. The number of ether oxygens (including phenoxy) is 1. The zero-order chi connectivity index (χ0) is 15.4. The number of halogens is 1. The highest BCUT2D eigenvalue weighted by Gasteiger charge is 2.11. The molecule has 0 saturated carbocycles. The van der Waals surface area contributed by atoms with Crippen molar-refractivity contribution in [2.45, 2.75) is 26.5 Å². The second-order valence-corrected chi connectivity index (χ2v) is 5.01. The lowest BCUT2D eigenvalue weighted by Crippen LogP contribution is -2.09. The van der Waals surface area contributed by atoms with Crippen LogP contribution in [0.2, 0.25) is 0 Å². The van der Waals surface area contributed by atoms with Crippen molar-refractivity contribution in [2.75, 3.05) is 0 Å². The summed E-state index contributed by atoms with van der Waals surface area (Å²) in [6.45, 7) is 3.88. The number of benzene rings is 2. The van der Waals surface area contributed by atoms with Crippen LogP contribution >= 0.6 is 0 Å². The van der Waals surface area contributed by atoms with Gasteiger partial charge >= 0.3 is 0 Å². The smallest absolute Gasteiger partial charge is 0.147 e. The average molecular weight is 284 g/mol. The maximum absolute atomic E-state index is 14.0. The van der Waals surface area contributed by atoms with Gasteiger partial charge in [-0.1, -0.05) is 24.3 Å². The molecule has 21 heavy (non-hydrogen) atoms. The first-order valence-corrected chi connectivity index (χ1v) is 6.69. The molecule has 0 aromatic heterocycles. The summed E-state index contributed by atoms with van der Waals surface area (Å²) in [5.41, 5.74) is 8.20. The second kappa shape index (κ2) is 6.38. The number of nitriles is 1. The highest BCUT2D eigenvalue weighted by Crippen LogP contribution is 2.26. The maximum Gasteiger partial charge on any atom is 0.147 e. The minimum absolute atomic E-state index is 0.0211. The molecule has 0 bridgehead atoms. The van der Waals surface area contributed by atoms with E-state index in [0.717, 1.165) is 11.1 Å². The molecule has 0 aliphatic carbocycles. The van der Waals surface area contributed by atoms with E-state index in [2.05, 4.69) is 0 Å². The first-order chi connectivity index (χ1) is 10.0. The van der Waals surface area contributed by atoms with E-state index < -0.39 is 5.82 Å². The number of rotatable bonds is 4. The van der Waals surface area contributed by atoms with Crippen LogP contribution in [0, 0.1) is 24.1 Å². The Hall–Kier alpha value is -2.38. The molecule has 1 atom stereocenters. The van der Waals surface area contributed by atoms with E-state index in [1.807, 2.05) is 38.1 Å². The van der Waals surface area contributed by atoms with E-state index in [-0.39, 0.29) is 18.2 Å². The van der Waals surface area contributed by atoms with Crippen LogP contribution in [0.1, 0.15) is 35.2 Å². The third-order valence-corrected chi connectivity index (χ3v) is 3.24. The molecule has 0 radical (unpaired) electrons. The molecule has 0 heterocycles. The van der Waals surface area contributed by atoms with Gasteiger partial charge in [0.05, 0.1) is 5.56 Å². The van der Waals surface area contributed by atoms with E-state index in [9.17, 15) is 4.39 Å². The molecule has 0 spiro atoms. The first kappa shape index (κ1) is 15.0. The topological polar surface area (TPSA) is 59.0 Å². The van der Waals surface area contributed by atoms with Crippen LogP contribution in [-0.2, 0) is 6.61 Å². The Balaban J connectivity index is 2.25. The highest BCUT2D eigenvalue weighted by atomic mass is 19.1. The lowest BCUT2D eigenvalue weighted by molar-refractivity contribution is 0.295. The monoisotopic (exact) mass is 284 g/mol. The standard InChI is InChI=1S/C17H17FN2O/c1-11-6-7-15(12(2)20)16(8-11)21-10-14-5-3-4-13(9-19)17(14)18/h3-8,12H,10,20H2,1-2H3. The fourth-order valence-electron chi connectivity index (χ4n) is 2.08. The van der Waals surface area contributed by atoms with Crippen LogP contribution in [0.5, 0.6) is 5.75 Å². The van der Waals surface area contributed by atoms with Gasteiger partial charge in [-0.15, -0.1) is 0 Å². The molecule has 0 aliphatic heterocycles. The van der Waals surface area contributed by atoms with Crippen LogP contribution in [-0.4, -0.2) is 0 Å². The van der Waals surface area contributed by atoms with Gasteiger partial charge in [0.1, 0.15) is 24.2 Å². The van der Waals surface area contributed by atoms with E-state index in [1.54, 1.807) is 12.1 Å². The maximum atomic E-state index is 14.0. The van der Waals surface area contributed by atoms with Crippen LogP contribution < -0.4 is 10.5 Å². The van der Waals surface area contributed by atoms with Crippen molar-refractivity contribution in [2.24, 2.45) is 5.73 Å². The van der Waals surface area contributed by atoms with Crippen LogP contribution in [0.25, 0.3) is 0 Å². The summed E-state index contributed by atoms with van der Waals surface area (Å²) in [5, 5.41) is 8.83. The molecule has 0 saturated heterocycles. The van der Waals surface area contributed by atoms with Crippen molar-refractivity contribution in [3.8, 4) is 11.8 Å². The van der Waals surface area contributed by atoms with E-state index in [0.29, 0.717) is 11.3 Å². The number of hydrogen-bond donors (Lipinski definition) is 1. The molecule has 3 nitrogen and oxygen atoms in total. The molecule has 2 aromatic carbocycles. The molecule has 2 aromatic rings. The molecule has 1 unspecified atom stereocenters. The lowest BCUT2D eigenvalue weighted by Gasteiger charge is -2.15. The van der Waals surface area contributed by atoms with Gasteiger partial charge in [0.15, 0.2) is 0 Å². The van der Waals surface area contributed by atoms with Crippen LogP contribution in [0.3, 0.4) is 0 Å². The van der Waals surface area contributed by atoms with Gasteiger partial charge in [-0.05, 0) is 31.5 Å². The van der Waals surface area contributed by atoms with Gasteiger partial charge in [0.25, 0.3) is 0 Å². The Kier molecular flexibility index (Phi) is 4.56. The Labute approximate surface area is 123 Å². The van der Waals surface area contributed by atoms with Gasteiger partial charge in [-0.3, -0.25) is 0 Å². The van der Waals surface area contributed by atoms with Crippen molar-refractivity contribution in [3.05, 3.63) is 64.5 Å². The van der Waals surface area contributed by atoms with Crippen molar-refractivity contribution >= 4 is 0 Å². The molecule has 2 N–H and O–H groups in total. The van der Waals surface area contributed by atoms with Crippen LogP contribution in [0.15, 0.2) is 36.4 Å². The average Bonchev–Trinajstić information content (AvgIpc) is 2.46. The molecule has 108 valence electrons. The normalized spacial score (nSPS) is 11.8. The van der Waals surface area contributed by atoms with Gasteiger partial charge < -0.3 is 10.5 Å². The van der Waals surface area contributed by atoms with Gasteiger partial charge in [0, 0.05) is 17.2 Å². The zero-order valence-corrected chi connectivity index (χ0v) is 12.1. The molecular formula is C17H17FN2O. The van der Waals surface area contributed by atoms with Crippen molar-refractivity contribution < 1.29 is 9.13 Å². The minimum atomic E-state index is -0.532. The fraction of sp³-hybridized carbons (Fsp3) is 0.235. The number of aryl methyl sites for hydroxylation is 1. The van der Waals surface area contributed by atoms with Crippen molar-refractivity contribution in [1.82, 2.24) is 0 Å². The Morgan fingerprint density at radius 2 is 2.10 bits per heavy atom. The van der Waals surface area contributed by atoms with Crippen molar-refractivity contribution in [3.63, 3.8) is 0 Å². The number of nitrogens with two attached hydrogens (primary N) is 1. The fourth-order valence-corrected chi connectivity index (χ4v) is 2.08. The molecule has 0 fully saturated rings. The summed E-state index contributed by atoms with van der Waals surface area (Å²) >= 11 is 0. The largest absolute Gasteiger partial charge is 0.488 e. The molecule has 2 rings (SSSR count). The molecule has 0 amide bonds. The third-order valence-electron chi connectivity index (χ3n) is 3.24. The summed E-state index contributed by atoms with van der Waals surface area (Å²) in [6.07, 6.45) is 0. The Morgan fingerprint density at radius 1 is 1.33 bits per heavy atom. The van der Waals surface area contributed by atoms with Gasteiger partial charge in [-0.2, -0.15) is 5.26 Å². The Morgan fingerprint density at radius 3 is 2.76 bits per heavy atom. The minimum Gasteiger partial charge on any atom is -0.488 e. The highest BCUT2D eigenvalue weighted by molar-refractivity contribution is 5.40. The molecule has 4 heteroatoms. The SMILES string of the molecule is Cc1ccc(C(C)N)c(OCc2cccc(C#N)c2F)c1. The number of hydrogen-bond acceptors (Lipinski definition) is 3. The predicted molar refractivity (Wildman–Crippen MR) is 79.2 cm³/mol. The summed E-state index contributed by atoms with van der Waals surface area (Å²) < 4.78 is 19.7. The van der Waals surface area contributed by atoms with Gasteiger partial charge in [-0.25, -0.2) is 4.39 Å². The van der Waals surface area contributed by atoms with Crippen molar-refractivity contribution in [1.29, 1.82) is 5.26 Å². The summed E-state index contributed by atoms with van der Waals surface area (Å²) in [6, 6.07) is 12.1. The Bertz CT molecular complexity index is 690. The third kappa shape index (κ3) is 3.39. The predicted octanol–water partition coefficient (Wildman–Crippen LogP) is 3.60. The second-order valence-electron chi connectivity index (χ2n) is 5.01. The van der Waals surface area contributed by atoms with Crippen LogP contribution in [0.4, 0.5) is 4.39 Å². The van der Waals surface area contributed by atoms with E-state index in [4.69, 9.17) is 15.7 Å². The summed E-state index contributed by atoms with van der Waals surface area (Å²) in [4.78, 5) is 0. The van der Waals surface area contributed by atoms with E-state index in [1.165, 1.54) is 6.07 Å².